The first-order valence-electron chi connectivity index (χ1n) is 6.37. The number of anilines is 1. The molecular weight excluding hydrogens is 341 g/mol. The number of hydrogen-bond acceptors (Lipinski definition) is 4. The zero-order chi connectivity index (χ0) is 12.8. The number of rotatable bonds is 5. The average molecular weight is 361 g/mol. The highest BCUT2D eigenvalue weighted by molar-refractivity contribution is 14.1. The van der Waals surface area contributed by atoms with Gasteiger partial charge in [0.15, 0.2) is 0 Å². The van der Waals surface area contributed by atoms with Crippen LogP contribution in [0.5, 0.6) is 0 Å². The predicted molar refractivity (Wildman–Crippen MR) is 82.1 cm³/mol. The van der Waals surface area contributed by atoms with Gasteiger partial charge in [-0.05, 0) is 41.1 Å². The lowest BCUT2D eigenvalue weighted by molar-refractivity contribution is 0.169. The lowest BCUT2D eigenvalue weighted by atomic mass is 10.3. The first kappa shape index (κ1) is 14.0. The molecule has 4 nitrogen and oxygen atoms in total. The molecule has 0 unspecified atom stereocenters. The van der Waals surface area contributed by atoms with E-state index in [9.17, 15) is 0 Å². The van der Waals surface area contributed by atoms with Crippen LogP contribution < -0.4 is 4.90 Å². The SMILES string of the molecule is COCCCN1CCN(c2ccc(I)cn2)CC1. The van der Waals surface area contributed by atoms with Crippen molar-refractivity contribution in [2.75, 3.05) is 51.3 Å². The summed E-state index contributed by atoms with van der Waals surface area (Å²) in [6.07, 6.45) is 3.05. The molecule has 2 heterocycles. The van der Waals surface area contributed by atoms with Gasteiger partial charge < -0.3 is 9.64 Å². The molecule has 2 rings (SSSR count). The van der Waals surface area contributed by atoms with E-state index in [1.54, 1.807) is 7.11 Å². The van der Waals surface area contributed by atoms with Gasteiger partial charge in [0.2, 0.25) is 0 Å². The molecule has 1 fully saturated rings. The summed E-state index contributed by atoms with van der Waals surface area (Å²) < 4.78 is 6.28. The average Bonchev–Trinajstić information content (AvgIpc) is 2.41. The molecule has 1 aliphatic rings. The largest absolute Gasteiger partial charge is 0.385 e. The van der Waals surface area contributed by atoms with Crippen LogP contribution in [-0.2, 0) is 4.74 Å². The van der Waals surface area contributed by atoms with Crippen molar-refractivity contribution in [1.29, 1.82) is 0 Å². The normalized spacial score (nSPS) is 17.1. The van der Waals surface area contributed by atoms with Crippen molar-refractivity contribution in [2.45, 2.75) is 6.42 Å². The van der Waals surface area contributed by atoms with E-state index < -0.39 is 0 Å². The molecule has 1 aliphatic heterocycles. The Balaban J connectivity index is 1.77. The van der Waals surface area contributed by atoms with Crippen molar-refractivity contribution in [3.05, 3.63) is 21.9 Å². The topological polar surface area (TPSA) is 28.6 Å². The molecular formula is C13H20IN3O. The molecule has 0 radical (unpaired) electrons. The third kappa shape index (κ3) is 4.07. The Kier molecular flexibility index (Phi) is 5.65. The summed E-state index contributed by atoms with van der Waals surface area (Å²) >= 11 is 2.29. The summed E-state index contributed by atoms with van der Waals surface area (Å²) in [6, 6.07) is 4.23. The number of halogens is 1. The third-order valence-electron chi connectivity index (χ3n) is 3.23. The second-order valence-corrected chi connectivity index (χ2v) is 5.76. The number of methoxy groups -OCH3 is 1. The standard InChI is InChI=1S/C13H20IN3O/c1-18-10-2-5-16-6-8-17(9-7-16)13-4-3-12(14)11-15-13/h3-4,11H,2,5-10H2,1H3. The van der Waals surface area contributed by atoms with E-state index in [-0.39, 0.29) is 0 Å². The Morgan fingerprint density at radius 1 is 1.28 bits per heavy atom. The van der Waals surface area contributed by atoms with Gasteiger partial charge in [0.25, 0.3) is 0 Å². The van der Waals surface area contributed by atoms with Crippen LogP contribution >= 0.6 is 22.6 Å². The highest BCUT2D eigenvalue weighted by Gasteiger charge is 2.17. The van der Waals surface area contributed by atoms with Crippen molar-refractivity contribution >= 4 is 28.4 Å². The summed E-state index contributed by atoms with van der Waals surface area (Å²) in [5.74, 6) is 1.10. The Labute approximate surface area is 122 Å². The number of pyridine rings is 1. The molecule has 0 bridgehead atoms. The maximum Gasteiger partial charge on any atom is 0.128 e. The van der Waals surface area contributed by atoms with Gasteiger partial charge in [-0.3, -0.25) is 4.90 Å². The van der Waals surface area contributed by atoms with Crippen LogP contribution in [0.1, 0.15) is 6.42 Å². The molecule has 0 aliphatic carbocycles. The molecule has 1 aromatic rings. The van der Waals surface area contributed by atoms with Gasteiger partial charge in [-0.1, -0.05) is 0 Å². The quantitative estimate of drug-likeness (QED) is 0.591. The van der Waals surface area contributed by atoms with Gasteiger partial charge >= 0.3 is 0 Å². The van der Waals surface area contributed by atoms with Crippen LogP contribution in [0.15, 0.2) is 18.3 Å². The van der Waals surface area contributed by atoms with Gasteiger partial charge in [0.1, 0.15) is 5.82 Å². The summed E-state index contributed by atoms with van der Waals surface area (Å²) in [5, 5.41) is 0. The van der Waals surface area contributed by atoms with Crippen LogP contribution in [-0.4, -0.2) is 56.3 Å². The summed E-state index contributed by atoms with van der Waals surface area (Å²) in [5.41, 5.74) is 0. The minimum atomic E-state index is 0.860. The smallest absolute Gasteiger partial charge is 0.128 e. The summed E-state index contributed by atoms with van der Waals surface area (Å²) in [4.78, 5) is 9.35. The monoisotopic (exact) mass is 361 g/mol. The van der Waals surface area contributed by atoms with Crippen LogP contribution in [0.3, 0.4) is 0 Å². The maximum absolute atomic E-state index is 5.09. The Morgan fingerprint density at radius 3 is 2.67 bits per heavy atom. The van der Waals surface area contributed by atoms with Crippen molar-refractivity contribution in [2.24, 2.45) is 0 Å². The van der Waals surface area contributed by atoms with Gasteiger partial charge in [-0.25, -0.2) is 4.98 Å². The Bertz CT molecular complexity index is 350. The summed E-state index contributed by atoms with van der Waals surface area (Å²) in [6.45, 7) is 6.39. The van der Waals surface area contributed by atoms with Gasteiger partial charge in [0, 0.05) is 56.2 Å². The van der Waals surface area contributed by atoms with E-state index in [2.05, 4.69) is 49.5 Å². The lowest BCUT2D eigenvalue weighted by Crippen LogP contribution is -2.47. The van der Waals surface area contributed by atoms with Crippen molar-refractivity contribution in [3.8, 4) is 0 Å². The van der Waals surface area contributed by atoms with Gasteiger partial charge in [-0.2, -0.15) is 0 Å². The first-order valence-corrected chi connectivity index (χ1v) is 7.45. The molecule has 1 aromatic heterocycles. The van der Waals surface area contributed by atoms with E-state index >= 15 is 0 Å². The van der Waals surface area contributed by atoms with Crippen LogP contribution in [0.2, 0.25) is 0 Å². The second kappa shape index (κ2) is 7.25. The molecule has 18 heavy (non-hydrogen) atoms. The fraction of sp³-hybridized carbons (Fsp3) is 0.615. The van der Waals surface area contributed by atoms with Crippen LogP contribution in [0, 0.1) is 3.57 Å². The highest BCUT2D eigenvalue weighted by atomic mass is 127. The Hall–Kier alpha value is -0.400. The van der Waals surface area contributed by atoms with Gasteiger partial charge in [0.05, 0.1) is 0 Å². The zero-order valence-electron chi connectivity index (χ0n) is 10.8. The van der Waals surface area contributed by atoms with E-state index in [0.717, 1.165) is 51.6 Å². The molecule has 0 atom stereocenters. The van der Waals surface area contributed by atoms with Crippen molar-refractivity contribution < 1.29 is 4.74 Å². The van der Waals surface area contributed by atoms with Crippen LogP contribution in [0.4, 0.5) is 5.82 Å². The second-order valence-electron chi connectivity index (χ2n) is 4.51. The first-order chi connectivity index (χ1) is 8.79. The minimum Gasteiger partial charge on any atom is -0.385 e. The highest BCUT2D eigenvalue weighted by Crippen LogP contribution is 2.14. The predicted octanol–water partition coefficient (Wildman–Crippen LogP) is 1.84. The molecule has 0 aromatic carbocycles. The molecule has 1 saturated heterocycles. The number of hydrogen-bond donors (Lipinski definition) is 0. The fourth-order valence-corrected chi connectivity index (χ4v) is 2.51. The number of aromatic nitrogens is 1. The minimum absolute atomic E-state index is 0.860. The molecule has 5 heteroatoms. The van der Waals surface area contributed by atoms with E-state index in [1.807, 2.05) is 6.20 Å². The molecule has 0 amide bonds. The maximum atomic E-state index is 5.09. The van der Waals surface area contributed by atoms with Crippen molar-refractivity contribution in [3.63, 3.8) is 0 Å². The number of piperazine rings is 1. The summed E-state index contributed by atoms with van der Waals surface area (Å²) in [7, 11) is 1.76. The third-order valence-corrected chi connectivity index (χ3v) is 3.87. The number of ether oxygens (including phenoxy) is 1. The van der Waals surface area contributed by atoms with E-state index in [4.69, 9.17) is 4.74 Å². The molecule has 0 N–H and O–H groups in total. The molecule has 100 valence electrons. The van der Waals surface area contributed by atoms with E-state index in [0.29, 0.717) is 0 Å². The Morgan fingerprint density at radius 2 is 2.06 bits per heavy atom. The fourth-order valence-electron chi connectivity index (χ4n) is 2.19. The van der Waals surface area contributed by atoms with Crippen LogP contribution in [0.25, 0.3) is 0 Å². The molecule has 0 saturated carbocycles. The zero-order valence-corrected chi connectivity index (χ0v) is 13.0. The van der Waals surface area contributed by atoms with Gasteiger partial charge in [-0.15, -0.1) is 0 Å². The lowest BCUT2D eigenvalue weighted by Gasteiger charge is -2.35. The number of nitrogens with zero attached hydrogens (tertiary/aromatic N) is 3. The van der Waals surface area contributed by atoms with E-state index in [1.165, 1.54) is 3.57 Å². The molecule has 0 spiro atoms. The van der Waals surface area contributed by atoms with Crippen molar-refractivity contribution in [1.82, 2.24) is 9.88 Å².